The fraction of sp³-hybridized carbons (Fsp3) is 0.280. The van der Waals surface area contributed by atoms with E-state index in [2.05, 4.69) is 20.6 Å². The molecule has 0 bridgehead atoms. The van der Waals surface area contributed by atoms with Crippen molar-refractivity contribution in [3.05, 3.63) is 58.0 Å². The topological polar surface area (TPSA) is 135 Å². The van der Waals surface area contributed by atoms with E-state index >= 15 is 0 Å². The highest BCUT2D eigenvalue weighted by Gasteiger charge is 2.36. The summed E-state index contributed by atoms with van der Waals surface area (Å²) in [5.41, 5.74) is 14.2. The van der Waals surface area contributed by atoms with E-state index in [-0.39, 0.29) is 23.3 Å². The summed E-state index contributed by atoms with van der Waals surface area (Å²) in [6, 6.07) is 8.88. The van der Waals surface area contributed by atoms with E-state index in [0.717, 1.165) is 10.1 Å². The van der Waals surface area contributed by atoms with E-state index < -0.39 is 0 Å². The number of nitrogens with two attached hydrogens (primary N) is 2. The van der Waals surface area contributed by atoms with Crippen molar-refractivity contribution in [2.45, 2.75) is 6.42 Å². The molecule has 3 aromatic rings. The van der Waals surface area contributed by atoms with E-state index in [1.807, 2.05) is 11.4 Å². The fourth-order valence-corrected chi connectivity index (χ4v) is 5.23. The van der Waals surface area contributed by atoms with Crippen molar-refractivity contribution in [2.75, 3.05) is 48.6 Å². The first-order chi connectivity index (χ1) is 17.5. The van der Waals surface area contributed by atoms with Crippen LogP contribution in [0.2, 0.25) is 0 Å². The lowest BCUT2D eigenvalue weighted by molar-refractivity contribution is 0.0980. The minimum Gasteiger partial charge on any atom is -0.386 e. The predicted molar refractivity (Wildman–Crippen MR) is 151 cm³/mol. The molecule has 0 fully saturated rings. The van der Waals surface area contributed by atoms with Crippen molar-refractivity contribution in [1.29, 1.82) is 0 Å². The number of carbonyl (C=O) groups is 2. The van der Waals surface area contributed by atoms with Gasteiger partial charge in [-0.15, -0.1) is 34.5 Å². The van der Waals surface area contributed by atoms with Gasteiger partial charge in [0.05, 0.1) is 45.5 Å². The molecule has 8 nitrogen and oxygen atoms in total. The molecule has 36 heavy (non-hydrogen) atoms. The molecule has 0 atom stereocenters. The van der Waals surface area contributed by atoms with Gasteiger partial charge in [-0.3, -0.25) is 19.6 Å². The molecule has 188 valence electrons. The first kappa shape index (κ1) is 25.9. The van der Waals surface area contributed by atoms with Crippen LogP contribution in [-0.2, 0) is 0 Å². The summed E-state index contributed by atoms with van der Waals surface area (Å²) in [7, 11) is 0. The van der Waals surface area contributed by atoms with Crippen LogP contribution in [0.4, 0.5) is 11.4 Å². The van der Waals surface area contributed by atoms with E-state index in [1.165, 1.54) is 11.3 Å². The third kappa shape index (κ3) is 5.18. The van der Waals surface area contributed by atoms with Crippen LogP contribution in [0.3, 0.4) is 0 Å². The number of hydrogen-bond acceptors (Lipinski definition) is 7. The summed E-state index contributed by atoms with van der Waals surface area (Å²) in [6.07, 6.45) is 0.677. The average Bonchev–Trinajstić information content (AvgIpc) is 3.39. The number of rotatable bonds is 11. The first-order valence-electron chi connectivity index (χ1n) is 11.4. The summed E-state index contributed by atoms with van der Waals surface area (Å²) in [6.45, 7) is 1.85. The molecule has 0 saturated carbocycles. The summed E-state index contributed by atoms with van der Waals surface area (Å²) < 4.78 is 0.885. The number of thiophene rings is 1. The fourth-order valence-electron chi connectivity index (χ4n) is 4.13. The third-order valence-electron chi connectivity index (χ3n) is 5.74. The predicted octanol–water partition coefficient (Wildman–Crippen LogP) is 4.08. The number of halogens is 2. The summed E-state index contributed by atoms with van der Waals surface area (Å²) in [5, 5.41) is 9.57. The number of ketones is 2. The van der Waals surface area contributed by atoms with Gasteiger partial charge in [0.25, 0.3) is 0 Å². The van der Waals surface area contributed by atoms with Gasteiger partial charge in [-0.1, -0.05) is 24.3 Å². The molecule has 1 aliphatic carbocycles. The van der Waals surface area contributed by atoms with Gasteiger partial charge in [0.15, 0.2) is 11.6 Å². The Labute approximate surface area is 222 Å². The third-order valence-corrected chi connectivity index (χ3v) is 7.22. The van der Waals surface area contributed by atoms with Gasteiger partial charge in [-0.2, -0.15) is 0 Å². The zero-order valence-electron chi connectivity index (χ0n) is 19.4. The van der Waals surface area contributed by atoms with E-state index in [9.17, 15) is 9.59 Å². The van der Waals surface area contributed by atoms with E-state index in [4.69, 9.17) is 34.7 Å². The number of nitrogens with one attached hydrogen (secondary N) is 2. The SMILES string of the molecule is NC(CCl)=NCCCNc1c2c(c(NCCN=C(N)CCl)c3sccc13)C(=O)c1ccccc1C2=O. The number of hydrogen-bond donors (Lipinski definition) is 4. The molecule has 4 rings (SSSR count). The second kappa shape index (κ2) is 11.7. The molecule has 1 aromatic heterocycles. The zero-order valence-corrected chi connectivity index (χ0v) is 21.8. The van der Waals surface area contributed by atoms with Crippen LogP contribution >= 0.6 is 34.5 Å². The molecule has 0 saturated heterocycles. The van der Waals surface area contributed by atoms with Crippen molar-refractivity contribution in [3.8, 4) is 0 Å². The van der Waals surface area contributed by atoms with E-state index in [0.29, 0.717) is 77.9 Å². The second-order valence-electron chi connectivity index (χ2n) is 8.09. The van der Waals surface area contributed by atoms with Gasteiger partial charge in [-0.05, 0) is 17.9 Å². The van der Waals surface area contributed by atoms with Crippen molar-refractivity contribution < 1.29 is 9.59 Å². The monoisotopic (exact) mass is 544 g/mol. The summed E-state index contributed by atoms with van der Waals surface area (Å²) in [5.74, 6) is 0.693. The Morgan fingerprint density at radius 1 is 0.833 bits per heavy atom. The van der Waals surface area contributed by atoms with Crippen LogP contribution in [0.15, 0.2) is 45.7 Å². The molecule has 0 radical (unpaired) electrons. The lowest BCUT2D eigenvalue weighted by Gasteiger charge is -2.25. The van der Waals surface area contributed by atoms with Gasteiger partial charge in [0, 0.05) is 36.1 Å². The van der Waals surface area contributed by atoms with Crippen molar-refractivity contribution in [3.63, 3.8) is 0 Å². The number of fused-ring (bicyclic) bond motifs is 3. The zero-order chi connectivity index (χ0) is 25.7. The normalized spacial score (nSPS) is 13.6. The summed E-state index contributed by atoms with van der Waals surface area (Å²) >= 11 is 12.9. The molecule has 1 aliphatic rings. The van der Waals surface area contributed by atoms with Crippen LogP contribution in [0, 0.1) is 0 Å². The molecule has 6 N–H and O–H groups in total. The van der Waals surface area contributed by atoms with Gasteiger partial charge >= 0.3 is 0 Å². The van der Waals surface area contributed by atoms with Gasteiger partial charge in [0.2, 0.25) is 0 Å². The molecule has 2 aromatic carbocycles. The minimum absolute atomic E-state index is 0.151. The van der Waals surface area contributed by atoms with Crippen molar-refractivity contribution in [2.24, 2.45) is 21.5 Å². The summed E-state index contributed by atoms with van der Waals surface area (Å²) in [4.78, 5) is 35.9. The van der Waals surface area contributed by atoms with E-state index in [1.54, 1.807) is 24.3 Å². The van der Waals surface area contributed by atoms with Crippen LogP contribution < -0.4 is 22.1 Å². The molecule has 1 heterocycles. The highest BCUT2D eigenvalue weighted by atomic mass is 35.5. The number of benzene rings is 2. The maximum Gasteiger partial charge on any atom is 0.196 e. The minimum atomic E-state index is -0.190. The molecular formula is C25H26Cl2N6O2S. The second-order valence-corrected chi connectivity index (χ2v) is 9.54. The number of aliphatic imine (C=N–C) groups is 2. The Bertz CT molecular complexity index is 1370. The molecule has 0 unspecified atom stereocenters. The Hall–Kier alpha value is -3.14. The molecule has 11 heteroatoms. The smallest absolute Gasteiger partial charge is 0.196 e. The quantitative estimate of drug-likeness (QED) is 0.0738. The Kier molecular flexibility index (Phi) is 8.45. The van der Waals surface area contributed by atoms with Crippen molar-refractivity contribution in [1.82, 2.24) is 0 Å². The maximum absolute atomic E-state index is 13.7. The molecule has 0 aliphatic heterocycles. The molecule has 0 spiro atoms. The first-order valence-corrected chi connectivity index (χ1v) is 13.4. The number of carbonyl (C=O) groups excluding carboxylic acids is 2. The molecule has 0 amide bonds. The highest BCUT2D eigenvalue weighted by molar-refractivity contribution is 7.18. The Morgan fingerprint density at radius 2 is 1.42 bits per heavy atom. The van der Waals surface area contributed by atoms with Gasteiger partial charge in [-0.25, -0.2) is 0 Å². The van der Waals surface area contributed by atoms with Crippen LogP contribution in [-0.4, -0.2) is 61.2 Å². The Balaban J connectivity index is 1.76. The van der Waals surface area contributed by atoms with Gasteiger partial charge in [0.1, 0.15) is 11.7 Å². The van der Waals surface area contributed by atoms with Crippen LogP contribution in [0.5, 0.6) is 0 Å². The average molecular weight is 545 g/mol. The largest absolute Gasteiger partial charge is 0.386 e. The lowest BCUT2D eigenvalue weighted by Crippen LogP contribution is -2.25. The van der Waals surface area contributed by atoms with Crippen LogP contribution in [0.1, 0.15) is 38.3 Å². The number of alkyl halides is 2. The van der Waals surface area contributed by atoms with Crippen molar-refractivity contribution >= 4 is 79.2 Å². The standard InChI is InChI=1S/C25H26Cl2N6O2S/c26-12-17(28)30-7-3-8-32-21-16-6-11-36-25(16)22(33-10-9-31-18(29)13-27)20-19(21)23(34)14-4-1-2-5-15(14)24(20)35/h1-2,4-6,11,32-33H,3,7-10,12-13H2,(H2,28,30)(H2,29,31). The van der Waals surface area contributed by atoms with Crippen LogP contribution in [0.25, 0.3) is 10.1 Å². The number of anilines is 2. The number of amidine groups is 2. The molecular weight excluding hydrogens is 519 g/mol. The lowest BCUT2D eigenvalue weighted by atomic mass is 9.81. The Morgan fingerprint density at radius 3 is 2.06 bits per heavy atom. The maximum atomic E-state index is 13.7. The number of nitrogens with zero attached hydrogens (tertiary/aromatic N) is 2. The van der Waals surface area contributed by atoms with Gasteiger partial charge < -0.3 is 22.1 Å². The highest BCUT2D eigenvalue weighted by Crippen LogP contribution is 2.45.